The predicted molar refractivity (Wildman–Crippen MR) is 142 cm³/mol. The molecule has 3 aromatic rings. The first-order chi connectivity index (χ1) is 17.3. The first kappa shape index (κ1) is 25.3. The number of rotatable bonds is 10. The molecule has 1 aliphatic rings. The number of carbonyl (C=O) groups is 1. The number of aryl methyl sites for hydroxylation is 1. The Morgan fingerprint density at radius 3 is 2.75 bits per heavy atom. The molecular weight excluding hydrogens is 454 g/mol. The number of amides is 1. The van der Waals surface area contributed by atoms with E-state index in [1.54, 1.807) is 18.3 Å². The lowest BCUT2D eigenvalue weighted by Gasteiger charge is -2.22. The lowest BCUT2D eigenvalue weighted by molar-refractivity contribution is 0.100. The fourth-order valence-corrected chi connectivity index (χ4v) is 4.34. The standard InChI is InChI=1S/C26H35N9O/c1-17(2)14-34(4)26-32-24(29-21-9-11-35(16-21)15-19-6-5-10-28-13-19)31-25(33-26)30-22-12-20(23(27)36)8-7-18(22)3/h5-8,10,12-13,17,21H,9,11,14-16H2,1-4H3,(H2,27,36)(H2,29,30,31,32,33)/t21-/m0/s1. The Bertz CT molecular complexity index is 1190. The van der Waals surface area contributed by atoms with Gasteiger partial charge >= 0.3 is 0 Å². The minimum absolute atomic E-state index is 0.222. The molecule has 190 valence electrons. The molecule has 0 spiro atoms. The van der Waals surface area contributed by atoms with E-state index in [1.807, 2.05) is 37.2 Å². The summed E-state index contributed by atoms with van der Waals surface area (Å²) < 4.78 is 0. The molecule has 36 heavy (non-hydrogen) atoms. The summed E-state index contributed by atoms with van der Waals surface area (Å²) in [6, 6.07) is 9.58. The van der Waals surface area contributed by atoms with E-state index in [0.29, 0.717) is 29.3 Å². The molecule has 4 rings (SSSR count). The minimum Gasteiger partial charge on any atom is -0.366 e. The number of nitrogens with zero attached hydrogens (tertiary/aromatic N) is 6. The molecule has 0 radical (unpaired) electrons. The molecule has 2 aromatic heterocycles. The van der Waals surface area contributed by atoms with Gasteiger partial charge in [0.25, 0.3) is 0 Å². The number of carbonyl (C=O) groups excluding carboxylic acids is 1. The summed E-state index contributed by atoms with van der Waals surface area (Å²) in [5.41, 5.74) is 8.79. The van der Waals surface area contributed by atoms with Crippen LogP contribution < -0.4 is 21.3 Å². The van der Waals surface area contributed by atoms with Crippen LogP contribution in [0.5, 0.6) is 0 Å². The number of nitrogens with two attached hydrogens (primary N) is 1. The molecule has 1 aromatic carbocycles. The van der Waals surface area contributed by atoms with Crippen molar-refractivity contribution in [1.29, 1.82) is 0 Å². The van der Waals surface area contributed by atoms with E-state index in [0.717, 1.165) is 43.9 Å². The van der Waals surface area contributed by atoms with Crippen LogP contribution in [0, 0.1) is 12.8 Å². The lowest BCUT2D eigenvalue weighted by atomic mass is 10.1. The van der Waals surface area contributed by atoms with E-state index in [4.69, 9.17) is 10.7 Å². The van der Waals surface area contributed by atoms with Crippen molar-refractivity contribution in [3.8, 4) is 0 Å². The Morgan fingerprint density at radius 2 is 2.03 bits per heavy atom. The van der Waals surface area contributed by atoms with Crippen molar-refractivity contribution in [2.75, 3.05) is 42.2 Å². The fourth-order valence-electron chi connectivity index (χ4n) is 4.34. The van der Waals surface area contributed by atoms with Gasteiger partial charge in [-0.25, -0.2) is 0 Å². The summed E-state index contributed by atoms with van der Waals surface area (Å²) in [7, 11) is 1.98. The van der Waals surface area contributed by atoms with Crippen LogP contribution in [0.25, 0.3) is 0 Å². The largest absolute Gasteiger partial charge is 0.366 e. The number of likely N-dealkylation sites (tertiary alicyclic amines) is 1. The number of pyridine rings is 1. The van der Waals surface area contributed by atoms with E-state index >= 15 is 0 Å². The van der Waals surface area contributed by atoms with Crippen molar-refractivity contribution in [3.63, 3.8) is 0 Å². The molecule has 10 nitrogen and oxygen atoms in total. The average Bonchev–Trinajstić information content (AvgIpc) is 3.27. The second-order valence-electron chi connectivity index (χ2n) is 9.80. The van der Waals surface area contributed by atoms with Gasteiger partial charge < -0.3 is 21.3 Å². The van der Waals surface area contributed by atoms with Gasteiger partial charge in [0.1, 0.15) is 0 Å². The number of benzene rings is 1. The van der Waals surface area contributed by atoms with Crippen molar-refractivity contribution in [3.05, 3.63) is 59.4 Å². The predicted octanol–water partition coefficient (Wildman–Crippen LogP) is 3.20. The Balaban J connectivity index is 1.53. The molecule has 3 heterocycles. The number of primary amides is 1. The Morgan fingerprint density at radius 1 is 1.22 bits per heavy atom. The zero-order valence-corrected chi connectivity index (χ0v) is 21.4. The smallest absolute Gasteiger partial charge is 0.248 e. The first-order valence-corrected chi connectivity index (χ1v) is 12.3. The Hall–Kier alpha value is -3.79. The molecule has 0 saturated carbocycles. The Kier molecular flexibility index (Phi) is 7.94. The van der Waals surface area contributed by atoms with Gasteiger partial charge in [0.05, 0.1) is 0 Å². The topological polar surface area (TPSA) is 125 Å². The van der Waals surface area contributed by atoms with Gasteiger partial charge in [0.2, 0.25) is 23.8 Å². The first-order valence-electron chi connectivity index (χ1n) is 12.3. The van der Waals surface area contributed by atoms with Gasteiger partial charge in [-0.1, -0.05) is 26.0 Å². The van der Waals surface area contributed by atoms with Crippen molar-refractivity contribution < 1.29 is 4.79 Å². The van der Waals surface area contributed by atoms with Crippen LogP contribution in [0.3, 0.4) is 0 Å². The molecule has 1 aliphatic heterocycles. The van der Waals surface area contributed by atoms with E-state index < -0.39 is 5.91 Å². The van der Waals surface area contributed by atoms with Crippen LogP contribution in [-0.2, 0) is 6.54 Å². The maximum Gasteiger partial charge on any atom is 0.248 e. The molecule has 1 atom stereocenters. The zero-order chi connectivity index (χ0) is 25.7. The van der Waals surface area contributed by atoms with Crippen molar-refractivity contribution in [2.45, 2.75) is 39.8 Å². The van der Waals surface area contributed by atoms with Crippen LogP contribution >= 0.6 is 0 Å². The van der Waals surface area contributed by atoms with E-state index in [2.05, 4.69) is 50.4 Å². The highest BCUT2D eigenvalue weighted by Crippen LogP contribution is 2.23. The second-order valence-corrected chi connectivity index (χ2v) is 9.80. The van der Waals surface area contributed by atoms with Gasteiger partial charge in [-0.3, -0.25) is 14.7 Å². The number of hydrogen-bond acceptors (Lipinski definition) is 9. The minimum atomic E-state index is -0.481. The fraction of sp³-hybridized carbons (Fsp3) is 0.423. The van der Waals surface area contributed by atoms with Gasteiger partial charge in [0.15, 0.2) is 0 Å². The summed E-state index contributed by atoms with van der Waals surface area (Å²) in [6.45, 7) is 9.82. The normalized spacial score (nSPS) is 15.8. The van der Waals surface area contributed by atoms with Gasteiger partial charge in [-0.05, 0) is 48.6 Å². The maximum absolute atomic E-state index is 11.7. The number of aromatic nitrogens is 4. The van der Waals surface area contributed by atoms with Gasteiger partial charge in [0, 0.05) is 62.9 Å². The molecular formula is C26H35N9O. The van der Waals surface area contributed by atoms with E-state index in [9.17, 15) is 4.79 Å². The maximum atomic E-state index is 11.7. The lowest BCUT2D eigenvalue weighted by Crippen LogP contribution is -2.28. The molecule has 0 unspecified atom stereocenters. The van der Waals surface area contributed by atoms with Crippen LogP contribution in [-0.4, -0.2) is 63.5 Å². The Labute approximate surface area is 212 Å². The van der Waals surface area contributed by atoms with Crippen LogP contribution in [0.1, 0.15) is 41.8 Å². The zero-order valence-electron chi connectivity index (χ0n) is 21.4. The SMILES string of the molecule is Cc1ccc(C(N)=O)cc1Nc1nc(N[C@H]2CCN(Cc3cccnc3)C2)nc(N(C)CC(C)C)n1. The quantitative estimate of drug-likeness (QED) is 0.394. The molecule has 0 aliphatic carbocycles. The molecule has 1 saturated heterocycles. The summed E-state index contributed by atoms with van der Waals surface area (Å²) >= 11 is 0. The number of hydrogen-bond donors (Lipinski definition) is 3. The third kappa shape index (κ3) is 6.66. The third-order valence-electron chi connectivity index (χ3n) is 6.11. The van der Waals surface area contributed by atoms with Crippen molar-refractivity contribution >= 4 is 29.4 Å². The van der Waals surface area contributed by atoms with Crippen LogP contribution in [0.4, 0.5) is 23.5 Å². The summed E-state index contributed by atoms with van der Waals surface area (Å²) in [4.78, 5) is 34.4. The van der Waals surface area contributed by atoms with E-state index in [1.165, 1.54) is 5.56 Å². The number of nitrogens with one attached hydrogen (secondary N) is 2. The monoisotopic (exact) mass is 489 g/mol. The summed E-state index contributed by atoms with van der Waals surface area (Å²) in [5.74, 6) is 1.48. The molecule has 0 bridgehead atoms. The highest BCUT2D eigenvalue weighted by molar-refractivity contribution is 5.94. The molecule has 1 amide bonds. The van der Waals surface area contributed by atoms with Crippen LogP contribution in [0.2, 0.25) is 0 Å². The highest BCUT2D eigenvalue weighted by Gasteiger charge is 2.24. The van der Waals surface area contributed by atoms with Gasteiger partial charge in [-0.2, -0.15) is 15.0 Å². The third-order valence-corrected chi connectivity index (χ3v) is 6.11. The van der Waals surface area contributed by atoms with Crippen molar-refractivity contribution in [1.82, 2.24) is 24.8 Å². The van der Waals surface area contributed by atoms with Crippen molar-refractivity contribution in [2.24, 2.45) is 11.7 Å². The average molecular weight is 490 g/mol. The summed E-state index contributed by atoms with van der Waals surface area (Å²) in [6.07, 6.45) is 4.70. The number of anilines is 4. The second kappa shape index (κ2) is 11.3. The summed E-state index contributed by atoms with van der Waals surface area (Å²) in [5, 5.41) is 6.78. The molecule has 4 N–H and O–H groups in total. The molecule has 10 heteroatoms. The van der Waals surface area contributed by atoms with Gasteiger partial charge in [-0.15, -0.1) is 0 Å². The van der Waals surface area contributed by atoms with Crippen LogP contribution in [0.15, 0.2) is 42.7 Å². The van der Waals surface area contributed by atoms with E-state index in [-0.39, 0.29) is 6.04 Å². The highest BCUT2D eigenvalue weighted by atomic mass is 16.1. The molecule has 1 fully saturated rings.